The molecule has 1 heterocycles. The van der Waals surface area contributed by atoms with Gasteiger partial charge >= 0.3 is 0 Å². The predicted octanol–water partition coefficient (Wildman–Crippen LogP) is 4.86. The molecular weight excluding hydrogens is 492 g/mol. The molecule has 2 atom stereocenters. The number of hydrogen-bond acceptors (Lipinski definition) is 3. The Hall–Kier alpha value is -2.87. The molecule has 38 heavy (non-hydrogen) atoms. The summed E-state index contributed by atoms with van der Waals surface area (Å²) in [6.45, 7) is 13.1. The summed E-state index contributed by atoms with van der Waals surface area (Å²) >= 11 is 0. The van der Waals surface area contributed by atoms with Crippen molar-refractivity contribution in [3.8, 4) is 0 Å². The fourth-order valence-electron chi connectivity index (χ4n) is 5.21. The number of carbonyl (C=O) groups excluding carboxylic acids is 1. The predicted molar refractivity (Wildman–Crippen MR) is 159 cm³/mol. The first-order valence-electron chi connectivity index (χ1n) is 13.4. The van der Waals surface area contributed by atoms with E-state index in [4.69, 9.17) is 5.73 Å². The molecule has 6 nitrogen and oxygen atoms in total. The highest BCUT2D eigenvalue weighted by Gasteiger charge is 2.34. The lowest BCUT2D eigenvalue weighted by Crippen LogP contribution is -2.44. The van der Waals surface area contributed by atoms with Gasteiger partial charge in [0.25, 0.3) is 5.91 Å². The van der Waals surface area contributed by atoms with Crippen LogP contribution in [0.1, 0.15) is 43.7 Å². The third-order valence-corrected chi connectivity index (χ3v) is 8.96. The molecule has 2 aromatic rings. The molecule has 0 aliphatic carbocycles. The standard InChI is InChI=1S/C31H42N4O2S/c1-5-25(3)38(37)34(4)24-31(6-2,28-15-11-8-12-16-28)19-22-35-20-17-27(18-21-35)30(36)33-29(32)23-26-13-9-7-10-14-26/h5,7-16,27H,1,3,6,17-24H2,2,4H3,(H2,32,33,36). The highest BCUT2D eigenvalue weighted by Crippen LogP contribution is 2.34. The first-order valence-corrected chi connectivity index (χ1v) is 14.5. The number of amides is 1. The van der Waals surface area contributed by atoms with E-state index in [0.29, 0.717) is 23.7 Å². The van der Waals surface area contributed by atoms with Gasteiger partial charge in [0, 0.05) is 36.3 Å². The molecule has 0 bridgehead atoms. The van der Waals surface area contributed by atoms with E-state index in [-0.39, 0.29) is 17.2 Å². The van der Waals surface area contributed by atoms with Crippen molar-refractivity contribution in [3.63, 3.8) is 0 Å². The first kappa shape index (κ1) is 29.7. The number of allylic oxidation sites excluding steroid dienone is 1. The van der Waals surface area contributed by atoms with Gasteiger partial charge in [-0.25, -0.2) is 13.5 Å². The molecule has 2 N–H and O–H groups in total. The second kappa shape index (κ2) is 14.3. The largest absolute Gasteiger partial charge is 0.387 e. The Kier molecular flexibility index (Phi) is 11.2. The van der Waals surface area contributed by atoms with E-state index in [1.54, 1.807) is 6.08 Å². The van der Waals surface area contributed by atoms with Crippen molar-refractivity contribution in [2.45, 2.75) is 44.4 Å². The Morgan fingerprint density at radius 1 is 1.16 bits per heavy atom. The van der Waals surface area contributed by atoms with Gasteiger partial charge in [-0.2, -0.15) is 0 Å². The third kappa shape index (κ3) is 8.06. The molecule has 1 aliphatic rings. The summed E-state index contributed by atoms with van der Waals surface area (Å²) in [5.74, 6) is 0.195. The molecule has 1 amide bonds. The van der Waals surface area contributed by atoms with E-state index in [1.165, 1.54) is 5.56 Å². The number of piperidine rings is 1. The number of carbonyl (C=O) groups is 1. The van der Waals surface area contributed by atoms with Crippen LogP contribution in [-0.2, 0) is 27.6 Å². The molecular formula is C31H42N4O2S. The lowest BCUT2D eigenvalue weighted by molar-refractivity contribution is -0.122. The summed E-state index contributed by atoms with van der Waals surface area (Å²) in [5, 5.41) is 0. The summed E-state index contributed by atoms with van der Waals surface area (Å²) in [5.41, 5.74) is 8.23. The Labute approximate surface area is 230 Å². The maximum Gasteiger partial charge on any atom is 0.250 e. The van der Waals surface area contributed by atoms with Gasteiger partial charge in [-0.05, 0) is 56.4 Å². The van der Waals surface area contributed by atoms with Crippen molar-refractivity contribution in [2.75, 3.05) is 33.2 Å². The number of amidine groups is 1. The smallest absolute Gasteiger partial charge is 0.250 e. The van der Waals surface area contributed by atoms with Gasteiger partial charge < -0.3 is 10.6 Å². The minimum atomic E-state index is -1.32. The summed E-state index contributed by atoms with van der Waals surface area (Å²) in [6.07, 6.45) is 5.47. The van der Waals surface area contributed by atoms with Gasteiger partial charge in [-0.1, -0.05) is 86.8 Å². The van der Waals surface area contributed by atoms with Crippen molar-refractivity contribution >= 4 is 22.7 Å². The normalized spacial score (nSPS) is 17.6. The van der Waals surface area contributed by atoms with Crippen molar-refractivity contribution in [1.29, 1.82) is 0 Å². The quantitative estimate of drug-likeness (QED) is 0.226. The second-order valence-electron chi connectivity index (χ2n) is 10.2. The number of likely N-dealkylation sites (tertiary alicyclic amines) is 1. The summed E-state index contributed by atoms with van der Waals surface area (Å²) < 4.78 is 14.8. The van der Waals surface area contributed by atoms with Gasteiger partial charge in [-0.3, -0.25) is 4.79 Å². The van der Waals surface area contributed by atoms with Crippen LogP contribution in [0.15, 0.2) is 89.8 Å². The Morgan fingerprint density at radius 3 is 2.34 bits per heavy atom. The maximum atomic E-state index is 12.9. The average molecular weight is 535 g/mol. The van der Waals surface area contributed by atoms with Crippen molar-refractivity contribution in [3.05, 3.63) is 95.9 Å². The fourth-order valence-corrected chi connectivity index (χ4v) is 6.12. The SMILES string of the molecule is C=CC(=C)S(=O)N(C)CC(CC)(CCN1CCC(C(=O)N=C(N)Cc2ccccc2)CC1)c1ccccc1. The number of benzene rings is 2. The third-order valence-electron chi connectivity index (χ3n) is 7.65. The Balaban J connectivity index is 1.60. The highest BCUT2D eigenvalue weighted by molar-refractivity contribution is 7.86. The number of rotatable bonds is 13. The van der Waals surface area contributed by atoms with E-state index < -0.39 is 11.0 Å². The monoisotopic (exact) mass is 534 g/mol. The molecule has 1 aliphatic heterocycles. The van der Waals surface area contributed by atoms with Crippen LogP contribution in [0.25, 0.3) is 0 Å². The number of aliphatic imine (C=N–C) groups is 1. The van der Waals surface area contributed by atoms with Crippen molar-refractivity contribution in [2.24, 2.45) is 16.6 Å². The topological polar surface area (TPSA) is 79.0 Å². The maximum absolute atomic E-state index is 12.9. The number of hydrogen-bond donors (Lipinski definition) is 1. The zero-order valence-corrected chi connectivity index (χ0v) is 23.7. The fraction of sp³-hybridized carbons (Fsp3) is 0.419. The summed E-state index contributed by atoms with van der Waals surface area (Å²) in [7, 11) is 0.567. The highest BCUT2D eigenvalue weighted by atomic mass is 32.2. The van der Waals surface area contributed by atoms with Crippen LogP contribution < -0.4 is 5.73 Å². The molecule has 1 fully saturated rings. The molecule has 7 heteroatoms. The van der Waals surface area contributed by atoms with Gasteiger partial charge in [0.2, 0.25) is 0 Å². The van der Waals surface area contributed by atoms with Gasteiger partial charge in [-0.15, -0.1) is 0 Å². The van der Waals surface area contributed by atoms with Crippen molar-refractivity contribution < 1.29 is 9.00 Å². The molecule has 0 saturated carbocycles. The number of nitrogens with two attached hydrogens (primary N) is 1. The molecule has 0 radical (unpaired) electrons. The summed E-state index contributed by atoms with van der Waals surface area (Å²) in [6, 6.07) is 20.4. The van der Waals surface area contributed by atoms with E-state index in [1.807, 2.05) is 47.8 Å². The van der Waals surface area contributed by atoms with E-state index in [9.17, 15) is 9.00 Å². The van der Waals surface area contributed by atoms with E-state index >= 15 is 0 Å². The molecule has 0 aromatic heterocycles. The Bertz CT molecular complexity index is 1130. The second-order valence-corrected chi connectivity index (χ2v) is 11.8. The van der Waals surface area contributed by atoms with E-state index in [2.05, 4.69) is 54.2 Å². The zero-order valence-electron chi connectivity index (χ0n) is 22.9. The molecule has 204 valence electrons. The molecule has 1 saturated heterocycles. The van der Waals surface area contributed by atoms with Crippen LogP contribution in [0.5, 0.6) is 0 Å². The zero-order chi connectivity index (χ0) is 27.5. The molecule has 2 aromatic carbocycles. The van der Waals surface area contributed by atoms with Crippen LogP contribution >= 0.6 is 0 Å². The van der Waals surface area contributed by atoms with Crippen LogP contribution in [0.2, 0.25) is 0 Å². The van der Waals surface area contributed by atoms with Crippen LogP contribution in [0.3, 0.4) is 0 Å². The van der Waals surface area contributed by atoms with Gasteiger partial charge in [0.1, 0.15) is 16.8 Å². The van der Waals surface area contributed by atoms with Crippen LogP contribution in [0, 0.1) is 5.92 Å². The lowest BCUT2D eigenvalue weighted by atomic mass is 9.75. The molecule has 0 spiro atoms. The summed E-state index contributed by atoms with van der Waals surface area (Å²) in [4.78, 5) is 20.0. The number of nitrogens with zero attached hydrogens (tertiary/aromatic N) is 3. The molecule has 3 rings (SSSR count). The Morgan fingerprint density at radius 2 is 1.76 bits per heavy atom. The first-order chi connectivity index (χ1) is 18.3. The van der Waals surface area contributed by atoms with Gasteiger partial charge in [0.05, 0.1) is 0 Å². The van der Waals surface area contributed by atoms with Crippen LogP contribution in [0.4, 0.5) is 0 Å². The minimum absolute atomic E-state index is 0.0795. The minimum Gasteiger partial charge on any atom is -0.387 e. The average Bonchev–Trinajstić information content (AvgIpc) is 2.95. The van der Waals surface area contributed by atoms with Gasteiger partial charge in [0.15, 0.2) is 0 Å². The van der Waals surface area contributed by atoms with E-state index in [0.717, 1.165) is 50.9 Å². The number of likely N-dealkylation sites (N-methyl/N-ethyl adjacent to an activating group) is 1. The van der Waals surface area contributed by atoms with Crippen molar-refractivity contribution in [1.82, 2.24) is 9.21 Å². The lowest BCUT2D eigenvalue weighted by Gasteiger charge is -2.39. The molecule has 2 unspecified atom stereocenters. The van der Waals surface area contributed by atoms with Crippen LogP contribution in [-0.4, -0.2) is 58.4 Å².